The summed E-state index contributed by atoms with van der Waals surface area (Å²) in [5.41, 5.74) is 1.02. The molecule has 2 aromatic rings. The van der Waals surface area contributed by atoms with Crippen LogP contribution < -0.4 is 19.1 Å². The molecule has 3 rings (SSSR count). The van der Waals surface area contributed by atoms with Gasteiger partial charge in [-0.25, -0.2) is 0 Å². The summed E-state index contributed by atoms with van der Waals surface area (Å²) in [6.45, 7) is 0.0364. The average Bonchev–Trinajstić information content (AvgIpc) is 2.87. The van der Waals surface area contributed by atoms with Crippen LogP contribution in [0.2, 0.25) is 10.0 Å². The van der Waals surface area contributed by atoms with Crippen molar-refractivity contribution in [1.29, 1.82) is 0 Å². The minimum absolute atomic E-state index is 0.0364. The highest BCUT2D eigenvalue weighted by Crippen LogP contribution is 2.48. The van der Waals surface area contributed by atoms with E-state index in [1.54, 1.807) is 24.3 Å². The molecule has 0 spiro atoms. The maximum Gasteiger partial charge on any atom is 0.299 e. The number of halogens is 2. The van der Waals surface area contributed by atoms with Crippen molar-refractivity contribution in [2.75, 3.05) is 26.2 Å². The second-order valence-corrected chi connectivity index (χ2v) is 6.27. The summed E-state index contributed by atoms with van der Waals surface area (Å²) in [6, 6.07) is 6.60. The van der Waals surface area contributed by atoms with Crippen LogP contribution in [-0.4, -0.2) is 33.0 Å². The average molecular weight is 396 g/mol. The quantitative estimate of drug-likeness (QED) is 0.721. The summed E-state index contributed by atoms with van der Waals surface area (Å²) in [5, 5.41) is 0.803. The summed E-state index contributed by atoms with van der Waals surface area (Å²) in [5.74, 6) is -0.674. The Labute approximate surface area is 160 Å². The van der Waals surface area contributed by atoms with Gasteiger partial charge in [0.2, 0.25) is 5.75 Å². The number of ether oxygens (including phenoxy) is 3. The molecule has 0 atom stereocenters. The molecule has 0 bridgehead atoms. The number of anilines is 1. The Balaban J connectivity index is 2.18. The number of hydrogen-bond donors (Lipinski definition) is 0. The van der Waals surface area contributed by atoms with Gasteiger partial charge in [-0.3, -0.25) is 14.5 Å². The van der Waals surface area contributed by atoms with Gasteiger partial charge in [-0.1, -0.05) is 29.3 Å². The highest BCUT2D eigenvalue weighted by Gasteiger charge is 2.41. The first-order valence-corrected chi connectivity index (χ1v) is 8.32. The number of benzene rings is 2. The van der Waals surface area contributed by atoms with Crippen LogP contribution in [0.4, 0.5) is 5.69 Å². The lowest BCUT2D eigenvalue weighted by Crippen LogP contribution is -2.29. The topological polar surface area (TPSA) is 65.1 Å². The van der Waals surface area contributed by atoms with E-state index in [2.05, 4.69) is 0 Å². The molecular formula is C18H15Cl2NO5. The van der Waals surface area contributed by atoms with E-state index >= 15 is 0 Å². The van der Waals surface area contributed by atoms with Gasteiger partial charge in [-0.2, -0.15) is 0 Å². The van der Waals surface area contributed by atoms with Crippen LogP contribution in [0.3, 0.4) is 0 Å². The second-order valence-electron chi connectivity index (χ2n) is 5.46. The zero-order valence-electron chi connectivity index (χ0n) is 14.3. The number of methoxy groups -OCH3 is 3. The highest BCUT2D eigenvalue weighted by atomic mass is 35.5. The van der Waals surface area contributed by atoms with Crippen molar-refractivity contribution in [2.24, 2.45) is 0 Å². The number of Topliss-reactive ketones (excluding diaryl/α,β-unsaturated/α-hetero) is 1. The first-order chi connectivity index (χ1) is 12.4. The van der Waals surface area contributed by atoms with Gasteiger partial charge in [0, 0.05) is 21.7 Å². The van der Waals surface area contributed by atoms with Crippen LogP contribution in [0.5, 0.6) is 17.2 Å². The molecule has 0 unspecified atom stereocenters. The molecule has 0 aliphatic carbocycles. The molecule has 1 heterocycles. The summed E-state index contributed by atoms with van der Waals surface area (Å²) >= 11 is 12.4. The third kappa shape index (κ3) is 2.75. The largest absolute Gasteiger partial charge is 0.493 e. The fourth-order valence-electron chi connectivity index (χ4n) is 2.91. The van der Waals surface area contributed by atoms with Crippen LogP contribution in [-0.2, 0) is 11.3 Å². The third-order valence-electron chi connectivity index (χ3n) is 4.14. The minimum atomic E-state index is -0.704. The monoisotopic (exact) mass is 395 g/mol. The number of hydrogen-bond acceptors (Lipinski definition) is 5. The van der Waals surface area contributed by atoms with Crippen LogP contribution in [0.1, 0.15) is 15.9 Å². The second kappa shape index (κ2) is 7.05. The molecule has 0 N–H and O–H groups in total. The Morgan fingerprint density at radius 2 is 1.58 bits per heavy atom. The number of fused-ring (bicyclic) bond motifs is 1. The number of amides is 1. The summed E-state index contributed by atoms with van der Waals surface area (Å²) in [6.07, 6.45) is 0. The molecule has 1 aliphatic rings. The fourth-order valence-corrected chi connectivity index (χ4v) is 3.43. The number of nitrogens with zero attached hydrogens (tertiary/aromatic N) is 1. The molecule has 1 amide bonds. The number of carbonyl (C=O) groups excluding carboxylic acids is 2. The predicted molar refractivity (Wildman–Crippen MR) is 98.1 cm³/mol. The van der Waals surface area contributed by atoms with Gasteiger partial charge in [-0.05, 0) is 12.1 Å². The standard InChI is InChI=1S/C18H15Cl2NO5/c1-24-13-7-12-14(17(26-3)16(13)25-2)15(22)18(23)21(12)8-9-10(19)5-4-6-11(9)20/h4-7H,8H2,1-3H3. The van der Waals surface area contributed by atoms with Crippen molar-refractivity contribution < 1.29 is 23.8 Å². The van der Waals surface area contributed by atoms with E-state index in [4.69, 9.17) is 37.4 Å². The van der Waals surface area contributed by atoms with E-state index in [9.17, 15) is 9.59 Å². The number of ketones is 1. The zero-order chi connectivity index (χ0) is 19.0. The molecule has 8 heteroatoms. The van der Waals surface area contributed by atoms with Gasteiger partial charge < -0.3 is 14.2 Å². The van der Waals surface area contributed by atoms with Gasteiger partial charge in [0.05, 0.1) is 39.1 Å². The van der Waals surface area contributed by atoms with Crippen LogP contribution in [0, 0.1) is 0 Å². The van der Waals surface area contributed by atoms with E-state index in [-0.39, 0.29) is 23.6 Å². The Morgan fingerprint density at radius 3 is 2.12 bits per heavy atom. The van der Waals surface area contributed by atoms with E-state index in [0.717, 1.165) is 0 Å². The number of carbonyl (C=O) groups is 2. The first kappa shape index (κ1) is 18.4. The van der Waals surface area contributed by atoms with Gasteiger partial charge in [-0.15, -0.1) is 0 Å². The molecule has 6 nitrogen and oxygen atoms in total. The summed E-state index contributed by atoms with van der Waals surface area (Å²) in [4.78, 5) is 26.5. The lowest BCUT2D eigenvalue weighted by atomic mass is 10.1. The molecule has 1 aliphatic heterocycles. The van der Waals surface area contributed by atoms with E-state index < -0.39 is 11.7 Å². The van der Waals surface area contributed by atoms with Crippen molar-refractivity contribution in [3.63, 3.8) is 0 Å². The maximum atomic E-state index is 12.6. The van der Waals surface area contributed by atoms with Gasteiger partial charge in [0.25, 0.3) is 11.7 Å². The molecule has 26 heavy (non-hydrogen) atoms. The molecule has 0 radical (unpaired) electrons. The third-order valence-corrected chi connectivity index (χ3v) is 4.85. The molecule has 2 aromatic carbocycles. The lowest BCUT2D eigenvalue weighted by molar-refractivity contribution is -0.114. The van der Waals surface area contributed by atoms with Gasteiger partial charge >= 0.3 is 0 Å². The van der Waals surface area contributed by atoms with Crippen LogP contribution in [0.25, 0.3) is 0 Å². The SMILES string of the molecule is COc1cc2c(c(OC)c1OC)C(=O)C(=O)N2Cc1c(Cl)cccc1Cl. The van der Waals surface area contributed by atoms with Crippen molar-refractivity contribution in [3.05, 3.63) is 45.4 Å². The molecule has 0 fully saturated rings. The molecule has 0 saturated heterocycles. The van der Waals surface area contributed by atoms with Crippen molar-refractivity contribution in [2.45, 2.75) is 6.54 Å². The molecule has 136 valence electrons. The van der Waals surface area contributed by atoms with Crippen LogP contribution >= 0.6 is 23.2 Å². The normalized spacial score (nSPS) is 13.0. The molecular weight excluding hydrogens is 381 g/mol. The Morgan fingerprint density at radius 1 is 0.962 bits per heavy atom. The number of rotatable bonds is 5. The predicted octanol–water partition coefficient (Wildman–Crippen LogP) is 3.75. The fraction of sp³-hybridized carbons (Fsp3) is 0.222. The maximum absolute atomic E-state index is 12.6. The summed E-state index contributed by atoms with van der Waals surface area (Å²) in [7, 11) is 4.27. The van der Waals surface area contributed by atoms with Crippen molar-refractivity contribution >= 4 is 40.6 Å². The Hall–Kier alpha value is -2.44. The van der Waals surface area contributed by atoms with Crippen molar-refractivity contribution in [3.8, 4) is 17.2 Å². The van der Waals surface area contributed by atoms with E-state index in [1.165, 1.54) is 26.2 Å². The van der Waals surface area contributed by atoms with E-state index in [0.29, 0.717) is 27.0 Å². The lowest BCUT2D eigenvalue weighted by Gasteiger charge is -2.20. The van der Waals surface area contributed by atoms with E-state index in [1.807, 2.05) is 0 Å². The van der Waals surface area contributed by atoms with Crippen molar-refractivity contribution in [1.82, 2.24) is 0 Å². The first-order valence-electron chi connectivity index (χ1n) is 7.56. The zero-order valence-corrected chi connectivity index (χ0v) is 15.8. The Bertz CT molecular complexity index is 893. The smallest absolute Gasteiger partial charge is 0.299 e. The highest BCUT2D eigenvalue weighted by molar-refractivity contribution is 6.53. The Kier molecular flexibility index (Phi) is 4.98. The molecule has 0 saturated carbocycles. The van der Waals surface area contributed by atoms with Crippen LogP contribution in [0.15, 0.2) is 24.3 Å². The van der Waals surface area contributed by atoms with Gasteiger partial charge in [0.1, 0.15) is 0 Å². The van der Waals surface area contributed by atoms with Gasteiger partial charge in [0.15, 0.2) is 11.5 Å². The molecule has 0 aromatic heterocycles. The minimum Gasteiger partial charge on any atom is -0.493 e. The summed E-state index contributed by atoms with van der Waals surface area (Å²) < 4.78 is 15.9.